The second kappa shape index (κ2) is 7.24. The Hall–Kier alpha value is 0.130. The molecule has 0 aromatic heterocycles. The zero-order valence-corrected chi connectivity index (χ0v) is 7.16. The van der Waals surface area contributed by atoms with Crippen molar-refractivity contribution in [2.24, 2.45) is 0 Å². The van der Waals surface area contributed by atoms with Gasteiger partial charge in [0.1, 0.15) is 5.75 Å². The first-order chi connectivity index (χ1) is 4.81. The van der Waals surface area contributed by atoms with Gasteiger partial charge < -0.3 is 9.84 Å². The second-order valence-electron chi connectivity index (χ2n) is 1.57. The molecule has 0 aromatic carbocycles. The molecule has 0 spiro atoms. The average molecular weight is 182 g/mol. The summed E-state index contributed by atoms with van der Waals surface area (Å²) in [7, 11) is 1.13. The number of rotatable bonds is 5. The van der Waals surface area contributed by atoms with Crippen molar-refractivity contribution < 1.29 is 14.6 Å². The van der Waals surface area contributed by atoms with Crippen LogP contribution < -0.4 is 0 Å². The summed E-state index contributed by atoms with van der Waals surface area (Å²) in [6, 6.07) is 0. The van der Waals surface area contributed by atoms with E-state index in [1.165, 1.54) is 0 Å². The first-order valence-corrected chi connectivity index (χ1v) is 4.88. The molecule has 0 fully saturated rings. The fourth-order valence-corrected chi connectivity index (χ4v) is 0.850. The van der Waals surface area contributed by atoms with Gasteiger partial charge in [0.2, 0.25) is 0 Å². The maximum Gasteiger partial charge on any atom is 0.316 e. The highest BCUT2D eigenvalue weighted by molar-refractivity contribution is 8.68. The van der Waals surface area contributed by atoms with Gasteiger partial charge in [0.25, 0.3) is 0 Å². The molecule has 0 atom stereocenters. The number of aliphatic hydroxyl groups excluding tert-OH is 1. The molecule has 0 amide bonds. The van der Waals surface area contributed by atoms with Gasteiger partial charge in [-0.25, -0.2) is 0 Å². The second-order valence-corrected chi connectivity index (χ2v) is 2.89. The van der Waals surface area contributed by atoms with Gasteiger partial charge in [-0.15, -0.1) is 11.7 Å². The van der Waals surface area contributed by atoms with Crippen molar-refractivity contribution in [1.82, 2.24) is 0 Å². The number of esters is 1. The number of carbonyl (C=O) groups excluding carboxylic acids is 1. The molecule has 0 radical (unpaired) electrons. The molecule has 60 valence electrons. The molecule has 0 aliphatic rings. The fourth-order valence-electron chi connectivity index (χ4n) is 0.345. The maximum atomic E-state index is 10.5. The van der Waals surface area contributed by atoms with Crippen LogP contribution in [0.3, 0.4) is 0 Å². The first kappa shape index (κ1) is 10.1. The highest BCUT2D eigenvalue weighted by Crippen LogP contribution is 2.04. The third-order valence-corrected chi connectivity index (χ3v) is 1.50. The quantitative estimate of drug-likeness (QED) is 0.281. The summed E-state index contributed by atoms with van der Waals surface area (Å²) in [6.45, 7) is 0.352. The number of ether oxygens (including phenoxy) is 1. The van der Waals surface area contributed by atoms with E-state index in [1.54, 1.807) is 0 Å². The predicted octanol–water partition coefficient (Wildman–Crippen LogP) is 0.490. The minimum Gasteiger partial charge on any atom is -0.465 e. The van der Waals surface area contributed by atoms with Crippen molar-refractivity contribution in [2.45, 2.75) is 6.42 Å². The number of thiol groups is 1. The van der Waals surface area contributed by atoms with Crippen LogP contribution >= 0.6 is 22.5 Å². The van der Waals surface area contributed by atoms with Crippen LogP contribution in [0.5, 0.6) is 0 Å². The SMILES string of the molecule is O=C(CSS)OCCCO. The lowest BCUT2D eigenvalue weighted by atomic mass is 10.5. The lowest BCUT2D eigenvalue weighted by Gasteiger charge is -1.99. The van der Waals surface area contributed by atoms with E-state index < -0.39 is 0 Å². The molecule has 0 heterocycles. The van der Waals surface area contributed by atoms with Gasteiger partial charge in [-0.3, -0.25) is 4.79 Å². The number of aliphatic hydroxyl groups is 1. The standard InChI is InChI=1S/C5H10O3S2/c6-2-1-3-8-5(7)4-10-9/h6,9H,1-4H2. The van der Waals surface area contributed by atoms with Crippen LogP contribution in [0.15, 0.2) is 0 Å². The van der Waals surface area contributed by atoms with Gasteiger partial charge >= 0.3 is 5.97 Å². The van der Waals surface area contributed by atoms with Crippen LogP contribution in [0.25, 0.3) is 0 Å². The lowest BCUT2D eigenvalue weighted by molar-refractivity contribution is -0.140. The summed E-state index contributed by atoms with van der Waals surface area (Å²) < 4.78 is 4.65. The van der Waals surface area contributed by atoms with Crippen molar-refractivity contribution in [3.8, 4) is 0 Å². The van der Waals surface area contributed by atoms with E-state index in [-0.39, 0.29) is 18.3 Å². The Kier molecular flexibility index (Phi) is 7.33. The smallest absolute Gasteiger partial charge is 0.316 e. The Morgan fingerprint density at radius 2 is 2.40 bits per heavy atom. The van der Waals surface area contributed by atoms with E-state index in [1.807, 2.05) is 0 Å². The maximum absolute atomic E-state index is 10.5. The van der Waals surface area contributed by atoms with E-state index >= 15 is 0 Å². The summed E-state index contributed by atoms with van der Waals surface area (Å²) in [5, 5.41) is 8.30. The highest BCUT2D eigenvalue weighted by atomic mass is 33.1. The van der Waals surface area contributed by atoms with Crippen LogP contribution in [-0.2, 0) is 9.53 Å². The van der Waals surface area contributed by atoms with Gasteiger partial charge in [0.05, 0.1) is 6.61 Å². The fraction of sp³-hybridized carbons (Fsp3) is 0.800. The van der Waals surface area contributed by atoms with Crippen LogP contribution in [0, 0.1) is 0 Å². The molecule has 0 unspecified atom stereocenters. The van der Waals surface area contributed by atoms with Gasteiger partial charge in [0.15, 0.2) is 0 Å². The minimum atomic E-state index is -0.284. The van der Waals surface area contributed by atoms with Gasteiger partial charge in [-0.05, 0) is 0 Å². The van der Waals surface area contributed by atoms with Gasteiger partial charge in [-0.1, -0.05) is 10.8 Å². The third kappa shape index (κ3) is 6.25. The molecule has 3 nitrogen and oxygen atoms in total. The largest absolute Gasteiger partial charge is 0.465 e. The van der Waals surface area contributed by atoms with E-state index in [2.05, 4.69) is 16.4 Å². The molecular formula is C5H10O3S2. The topological polar surface area (TPSA) is 46.5 Å². The van der Waals surface area contributed by atoms with Crippen LogP contribution in [-0.4, -0.2) is 30.0 Å². The molecule has 0 aliphatic heterocycles. The molecule has 1 N–H and O–H groups in total. The van der Waals surface area contributed by atoms with Gasteiger partial charge in [-0.2, -0.15) is 0 Å². The molecule has 0 saturated heterocycles. The Bertz CT molecular complexity index is 96.9. The molecular weight excluding hydrogens is 172 g/mol. The Morgan fingerprint density at radius 3 is 2.90 bits per heavy atom. The van der Waals surface area contributed by atoms with E-state index in [4.69, 9.17) is 5.11 Å². The Labute approximate surface area is 68.9 Å². The number of hydrogen-bond acceptors (Lipinski definition) is 5. The van der Waals surface area contributed by atoms with Crippen LogP contribution in [0.1, 0.15) is 6.42 Å². The van der Waals surface area contributed by atoms with Crippen molar-refractivity contribution in [3.05, 3.63) is 0 Å². The highest BCUT2D eigenvalue weighted by Gasteiger charge is 1.99. The molecule has 10 heavy (non-hydrogen) atoms. The summed E-state index contributed by atoms with van der Waals surface area (Å²) in [5.41, 5.74) is 0. The summed E-state index contributed by atoms with van der Waals surface area (Å²) >= 11 is 3.77. The molecule has 0 aromatic rings. The molecule has 0 bridgehead atoms. The average Bonchev–Trinajstić information content (AvgIpc) is 1.89. The number of carbonyl (C=O) groups is 1. The van der Waals surface area contributed by atoms with Crippen molar-refractivity contribution in [3.63, 3.8) is 0 Å². The van der Waals surface area contributed by atoms with Crippen molar-refractivity contribution in [2.75, 3.05) is 19.0 Å². The number of hydrogen-bond donors (Lipinski definition) is 2. The van der Waals surface area contributed by atoms with E-state index in [0.717, 1.165) is 10.8 Å². The zero-order valence-electron chi connectivity index (χ0n) is 5.45. The van der Waals surface area contributed by atoms with Crippen LogP contribution in [0.4, 0.5) is 0 Å². The molecule has 0 saturated carbocycles. The Balaban J connectivity index is 3.05. The lowest BCUT2D eigenvalue weighted by Crippen LogP contribution is -2.08. The monoisotopic (exact) mass is 182 g/mol. The molecule has 0 rings (SSSR count). The zero-order chi connectivity index (χ0) is 7.82. The normalized spacial score (nSPS) is 9.40. The van der Waals surface area contributed by atoms with Crippen LogP contribution in [0.2, 0.25) is 0 Å². The minimum absolute atomic E-state index is 0.0568. The predicted molar refractivity (Wildman–Crippen MR) is 44.1 cm³/mol. The van der Waals surface area contributed by atoms with E-state index in [9.17, 15) is 4.79 Å². The Morgan fingerprint density at radius 1 is 1.70 bits per heavy atom. The van der Waals surface area contributed by atoms with Crippen molar-refractivity contribution >= 4 is 28.4 Å². The molecule has 5 heteroatoms. The summed E-state index contributed by atoms with van der Waals surface area (Å²) in [4.78, 5) is 10.5. The van der Waals surface area contributed by atoms with Crippen molar-refractivity contribution in [1.29, 1.82) is 0 Å². The third-order valence-electron chi connectivity index (χ3n) is 0.748. The summed E-state index contributed by atoms with van der Waals surface area (Å²) in [6.07, 6.45) is 0.503. The molecule has 0 aliphatic carbocycles. The van der Waals surface area contributed by atoms with E-state index in [0.29, 0.717) is 13.0 Å². The first-order valence-electron chi connectivity index (χ1n) is 2.84. The van der Waals surface area contributed by atoms with Gasteiger partial charge in [0, 0.05) is 13.0 Å². The summed E-state index contributed by atoms with van der Waals surface area (Å²) in [5.74, 6) is -0.0254.